The molecule has 1 aromatic rings. The number of carboxylic acid groups (broad SMARTS) is 1. The lowest BCUT2D eigenvalue weighted by Crippen LogP contribution is -2.19. The van der Waals surface area contributed by atoms with Gasteiger partial charge in [-0.2, -0.15) is 5.10 Å². The second-order valence-corrected chi connectivity index (χ2v) is 7.32. The number of hydrogen-bond acceptors (Lipinski definition) is 6. The first kappa shape index (κ1) is 14.7. The predicted octanol–water partition coefficient (Wildman–Crippen LogP) is 0.638. The van der Waals surface area contributed by atoms with Crippen molar-refractivity contribution in [1.29, 1.82) is 0 Å². The molecular formula is C12H17N3O4S. The zero-order chi connectivity index (χ0) is 14.9. The summed E-state index contributed by atoms with van der Waals surface area (Å²) in [6.45, 7) is 3.76. The monoisotopic (exact) mass is 299 g/mol. The van der Waals surface area contributed by atoms with E-state index in [1.807, 2.05) is 0 Å². The molecule has 1 aliphatic heterocycles. The lowest BCUT2D eigenvalue weighted by atomic mass is 10.1. The van der Waals surface area contributed by atoms with Crippen LogP contribution in [0.15, 0.2) is 0 Å². The van der Waals surface area contributed by atoms with E-state index in [1.165, 1.54) is 0 Å². The van der Waals surface area contributed by atoms with Crippen molar-refractivity contribution in [3.05, 3.63) is 16.8 Å². The van der Waals surface area contributed by atoms with Crippen molar-refractivity contribution in [2.75, 3.05) is 23.4 Å². The zero-order valence-corrected chi connectivity index (χ0v) is 12.2. The van der Waals surface area contributed by atoms with Crippen molar-refractivity contribution in [2.24, 2.45) is 5.92 Å². The van der Waals surface area contributed by atoms with E-state index in [4.69, 9.17) is 0 Å². The van der Waals surface area contributed by atoms with Crippen molar-refractivity contribution >= 4 is 21.6 Å². The van der Waals surface area contributed by atoms with Crippen molar-refractivity contribution in [3.63, 3.8) is 0 Å². The van der Waals surface area contributed by atoms with Crippen LogP contribution < -0.4 is 5.32 Å². The molecule has 0 bridgehead atoms. The van der Waals surface area contributed by atoms with Gasteiger partial charge in [-0.15, -0.1) is 5.10 Å². The SMILES string of the molecule is Cc1nnc(NCC2CCS(=O)(=O)C2)c(C(=O)O)c1C. The summed E-state index contributed by atoms with van der Waals surface area (Å²) in [4.78, 5) is 11.3. The fourth-order valence-electron chi connectivity index (χ4n) is 2.27. The second-order valence-electron chi connectivity index (χ2n) is 5.09. The number of nitrogens with zero attached hydrogens (tertiary/aromatic N) is 2. The van der Waals surface area contributed by atoms with Crippen LogP contribution in [0.5, 0.6) is 0 Å². The van der Waals surface area contributed by atoms with Crippen LogP contribution in [0.4, 0.5) is 5.82 Å². The Labute approximate surface area is 117 Å². The van der Waals surface area contributed by atoms with Gasteiger partial charge in [-0.25, -0.2) is 13.2 Å². The van der Waals surface area contributed by atoms with Gasteiger partial charge in [-0.1, -0.05) is 0 Å². The topological polar surface area (TPSA) is 109 Å². The number of aryl methyl sites for hydroxylation is 1. The summed E-state index contributed by atoms with van der Waals surface area (Å²) < 4.78 is 22.8. The second kappa shape index (κ2) is 5.35. The predicted molar refractivity (Wildman–Crippen MR) is 73.7 cm³/mol. The minimum Gasteiger partial charge on any atom is -0.478 e. The van der Waals surface area contributed by atoms with Gasteiger partial charge < -0.3 is 10.4 Å². The third-order valence-corrected chi connectivity index (χ3v) is 5.39. The molecule has 7 nitrogen and oxygen atoms in total. The van der Waals surface area contributed by atoms with Gasteiger partial charge in [-0.3, -0.25) is 0 Å². The Morgan fingerprint density at radius 3 is 2.65 bits per heavy atom. The zero-order valence-electron chi connectivity index (χ0n) is 11.4. The summed E-state index contributed by atoms with van der Waals surface area (Å²) >= 11 is 0. The molecule has 0 aromatic carbocycles. The Balaban J connectivity index is 2.14. The van der Waals surface area contributed by atoms with Crippen LogP contribution in [-0.4, -0.2) is 47.7 Å². The molecule has 1 aromatic heterocycles. The number of hydrogen-bond donors (Lipinski definition) is 2. The van der Waals surface area contributed by atoms with Gasteiger partial charge in [0.1, 0.15) is 5.56 Å². The number of aromatic carboxylic acids is 1. The largest absolute Gasteiger partial charge is 0.478 e. The standard InChI is InChI=1S/C12H17N3O4S/c1-7-8(2)14-15-11(10(7)12(16)17)13-5-9-3-4-20(18,19)6-9/h9H,3-6H2,1-2H3,(H,13,15)(H,16,17). The molecule has 8 heteroatoms. The van der Waals surface area contributed by atoms with E-state index in [0.29, 0.717) is 24.2 Å². The summed E-state index contributed by atoms with van der Waals surface area (Å²) in [5.74, 6) is -0.540. The first-order valence-corrected chi connectivity index (χ1v) is 8.14. The lowest BCUT2D eigenvalue weighted by molar-refractivity contribution is 0.0696. The number of carboxylic acids is 1. The summed E-state index contributed by atoms with van der Waals surface area (Å²) in [5.41, 5.74) is 1.23. The van der Waals surface area contributed by atoms with Crippen LogP contribution in [0, 0.1) is 19.8 Å². The van der Waals surface area contributed by atoms with Gasteiger partial charge in [0.2, 0.25) is 0 Å². The Morgan fingerprint density at radius 1 is 1.40 bits per heavy atom. The van der Waals surface area contributed by atoms with Crippen LogP contribution in [-0.2, 0) is 9.84 Å². The number of rotatable bonds is 4. The minimum absolute atomic E-state index is 0.00921. The van der Waals surface area contributed by atoms with Crippen molar-refractivity contribution in [2.45, 2.75) is 20.3 Å². The van der Waals surface area contributed by atoms with E-state index in [-0.39, 0.29) is 28.8 Å². The Morgan fingerprint density at radius 2 is 2.10 bits per heavy atom. The van der Waals surface area contributed by atoms with Crippen LogP contribution in [0.1, 0.15) is 28.0 Å². The molecule has 0 radical (unpaired) electrons. The fourth-order valence-corrected chi connectivity index (χ4v) is 4.13. The maximum absolute atomic E-state index is 11.4. The van der Waals surface area contributed by atoms with E-state index < -0.39 is 15.8 Å². The average Bonchev–Trinajstić information content (AvgIpc) is 2.70. The molecule has 2 rings (SSSR count). The number of aromatic nitrogens is 2. The Kier molecular flexibility index (Phi) is 3.94. The fraction of sp³-hybridized carbons (Fsp3) is 0.583. The molecule has 0 amide bonds. The number of anilines is 1. The van der Waals surface area contributed by atoms with E-state index in [9.17, 15) is 18.3 Å². The molecule has 2 heterocycles. The number of nitrogens with one attached hydrogen (secondary N) is 1. The van der Waals surface area contributed by atoms with E-state index in [0.717, 1.165) is 0 Å². The normalized spacial score (nSPS) is 20.8. The number of carbonyl (C=O) groups is 1. The molecule has 1 atom stereocenters. The highest BCUT2D eigenvalue weighted by Gasteiger charge is 2.28. The highest BCUT2D eigenvalue weighted by Crippen LogP contribution is 2.22. The first-order valence-electron chi connectivity index (χ1n) is 6.31. The third-order valence-electron chi connectivity index (χ3n) is 3.55. The van der Waals surface area contributed by atoms with Gasteiger partial charge in [0, 0.05) is 6.54 Å². The van der Waals surface area contributed by atoms with E-state index >= 15 is 0 Å². The molecule has 0 aliphatic carbocycles. The first-order chi connectivity index (χ1) is 9.30. The number of sulfone groups is 1. The van der Waals surface area contributed by atoms with Crippen LogP contribution in [0.2, 0.25) is 0 Å². The third kappa shape index (κ3) is 3.06. The molecule has 1 saturated heterocycles. The van der Waals surface area contributed by atoms with Crippen LogP contribution in [0.25, 0.3) is 0 Å². The van der Waals surface area contributed by atoms with Gasteiger partial charge in [0.25, 0.3) is 0 Å². The Bertz CT molecular complexity index is 642. The van der Waals surface area contributed by atoms with Crippen LogP contribution >= 0.6 is 0 Å². The molecule has 1 aliphatic rings. The smallest absolute Gasteiger partial charge is 0.339 e. The van der Waals surface area contributed by atoms with Gasteiger partial charge in [-0.05, 0) is 31.7 Å². The van der Waals surface area contributed by atoms with E-state index in [2.05, 4.69) is 15.5 Å². The molecule has 20 heavy (non-hydrogen) atoms. The summed E-state index contributed by atoms with van der Waals surface area (Å²) in [5, 5.41) is 19.9. The maximum atomic E-state index is 11.4. The molecule has 1 fully saturated rings. The Hall–Kier alpha value is -1.70. The van der Waals surface area contributed by atoms with Gasteiger partial charge in [0.15, 0.2) is 15.7 Å². The molecule has 110 valence electrons. The van der Waals surface area contributed by atoms with Gasteiger partial charge >= 0.3 is 5.97 Å². The molecule has 0 saturated carbocycles. The molecule has 2 N–H and O–H groups in total. The van der Waals surface area contributed by atoms with Gasteiger partial charge in [0.05, 0.1) is 17.2 Å². The highest BCUT2D eigenvalue weighted by atomic mass is 32.2. The molecule has 0 spiro atoms. The van der Waals surface area contributed by atoms with Crippen molar-refractivity contribution in [1.82, 2.24) is 10.2 Å². The summed E-state index contributed by atoms with van der Waals surface area (Å²) in [6, 6.07) is 0. The average molecular weight is 299 g/mol. The summed E-state index contributed by atoms with van der Waals surface area (Å²) in [7, 11) is -2.93. The summed E-state index contributed by atoms with van der Waals surface area (Å²) in [6.07, 6.45) is 0.593. The maximum Gasteiger partial charge on any atom is 0.339 e. The van der Waals surface area contributed by atoms with E-state index in [1.54, 1.807) is 13.8 Å². The quantitative estimate of drug-likeness (QED) is 0.839. The van der Waals surface area contributed by atoms with Crippen molar-refractivity contribution < 1.29 is 18.3 Å². The molecular weight excluding hydrogens is 282 g/mol. The minimum atomic E-state index is -2.93. The van der Waals surface area contributed by atoms with Crippen molar-refractivity contribution in [3.8, 4) is 0 Å². The highest BCUT2D eigenvalue weighted by molar-refractivity contribution is 7.91. The molecule has 1 unspecified atom stereocenters. The van der Waals surface area contributed by atoms with Crippen LogP contribution in [0.3, 0.4) is 0 Å². The lowest BCUT2D eigenvalue weighted by Gasteiger charge is -2.13.